The Morgan fingerprint density at radius 3 is 2.58 bits per heavy atom. The molecule has 0 bridgehead atoms. The molecule has 2 rings (SSSR count). The lowest BCUT2D eigenvalue weighted by molar-refractivity contribution is -0.137. The maximum Gasteiger partial charge on any atom is 0.418 e. The van der Waals surface area contributed by atoms with E-state index in [-0.39, 0.29) is 11.6 Å². The fraction of sp³-hybridized carbons (Fsp3) is 0.154. The first-order valence-corrected chi connectivity index (χ1v) is 5.43. The Morgan fingerprint density at radius 2 is 1.95 bits per heavy atom. The first-order chi connectivity index (χ1) is 8.86. The quantitative estimate of drug-likeness (QED) is 0.901. The monoisotopic (exact) mass is 268 g/mol. The van der Waals surface area contributed by atoms with Gasteiger partial charge in [-0.3, -0.25) is 0 Å². The summed E-state index contributed by atoms with van der Waals surface area (Å²) in [6.07, 6.45) is -3.80. The molecule has 0 unspecified atom stereocenters. The lowest BCUT2D eigenvalue weighted by atomic mass is 10.2. The SMILES string of the molecule is Cc1cccc(Oc2cc(C(F)(F)F)cnc2N)c1. The Kier molecular flexibility index (Phi) is 3.33. The molecule has 100 valence electrons. The minimum atomic E-state index is -4.48. The first-order valence-electron chi connectivity index (χ1n) is 5.43. The average Bonchev–Trinajstić information content (AvgIpc) is 2.30. The second-order valence-corrected chi connectivity index (χ2v) is 4.02. The third-order valence-electron chi connectivity index (χ3n) is 2.43. The predicted molar refractivity (Wildman–Crippen MR) is 64.9 cm³/mol. The summed E-state index contributed by atoms with van der Waals surface area (Å²) in [5.74, 6) is 0.211. The topological polar surface area (TPSA) is 48.1 Å². The maximum atomic E-state index is 12.6. The van der Waals surface area contributed by atoms with Crippen LogP contribution in [0, 0.1) is 6.92 Å². The van der Waals surface area contributed by atoms with Gasteiger partial charge in [-0.2, -0.15) is 13.2 Å². The molecule has 1 aromatic heterocycles. The Bertz CT molecular complexity index is 597. The van der Waals surface area contributed by atoms with Crippen molar-refractivity contribution in [3.05, 3.63) is 47.7 Å². The van der Waals surface area contributed by atoms with Crippen LogP contribution in [0.1, 0.15) is 11.1 Å². The van der Waals surface area contributed by atoms with Gasteiger partial charge in [-0.25, -0.2) is 4.98 Å². The Balaban J connectivity index is 2.34. The summed E-state index contributed by atoms with van der Waals surface area (Å²) in [4.78, 5) is 3.50. The molecule has 0 radical (unpaired) electrons. The van der Waals surface area contributed by atoms with Gasteiger partial charge in [-0.1, -0.05) is 12.1 Å². The van der Waals surface area contributed by atoms with Crippen molar-refractivity contribution in [1.82, 2.24) is 4.98 Å². The Labute approximate surface area is 107 Å². The largest absolute Gasteiger partial charge is 0.453 e. The highest BCUT2D eigenvalue weighted by atomic mass is 19.4. The van der Waals surface area contributed by atoms with Crippen molar-refractivity contribution in [3.63, 3.8) is 0 Å². The van der Waals surface area contributed by atoms with Gasteiger partial charge >= 0.3 is 6.18 Å². The van der Waals surface area contributed by atoms with Crippen molar-refractivity contribution in [1.29, 1.82) is 0 Å². The highest BCUT2D eigenvalue weighted by Crippen LogP contribution is 2.34. The Morgan fingerprint density at radius 1 is 1.21 bits per heavy atom. The second-order valence-electron chi connectivity index (χ2n) is 4.02. The molecule has 0 saturated heterocycles. The van der Waals surface area contributed by atoms with Crippen LogP contribution in [0.5, 0.6) is 11.5 Å². The zero-order chi connectivity index (χ0) is 14.0. The van der Waals surface area contributed by atoms with E-state index in [1.54, 1.807) is 18.2 Å². The van der Waals surface area contributed by atoms with Gasteiger partial charge in [0, 0.05) is 6.20 Å². The molecule has 0 aliphatic carbocycles. The van der Waals surface area contributed by atoms with Crippen molar-refractivity contribution >= 4 is 5.82 Å². The van der Waals surface area contributed by atoms with Crippen LogP contribution in [0.25, 0.3) is 0 Å². The second kappa shape index (κ2) is 4.79. The van der Waals surface area contributed by atoms with Crippen LogP contribution in [-0.2, 0) is 6.18 Å². The van der Waals surface area contributed by atoms with Crippen molar-refractivity contribution < 1.29 is 17.9 Å². The van der Waals surface area contributed by atoms with E-state index in [2.05, 4.69) is 4.98 Å². The number of nitrogens with two attached hydrogens (primary N) is 1. The Hall–Kier alpha value is -2.24. The number of halogens is 3. The molecular weight excluding hydrogens is 257 g/mol. The van der Waals surface area contributed by atoms with Gasteiger partial charge in [0.1, 0.15) is 5.75 Å². The number of hydrogen-bond acceptors (Lipinski definition) is 3. The van der Waals surface area contributed by atoms with Crippen molar-refractivity contribution in [2.24, 2.45) is 0 Å². The third-order valence-corrected chi connectivity index (χ3v) is 2.43. The summed E-state index contributed by atoms with van der Waals surface area (Å²) in [6, 6.07) is 7.75. The number of rotatable bonds is 2. The van der Waals surface area contributed by atoms with Gasteiger partial charge in [-0.05, 0) is 30.7 Å². The van der Waals surface area contributed by atoms with Gasteiger partial charge in [-0.15, -0.1) is 0 Å². The van der Waals surface area contributed by atoms with E-state index >= 15 is 0 Å². The number of nitrogens with zero attached hydrogens (tertiary/aromatic N) is 1. The van der Waals surface area contributed by atoms with Gasteiger partial charge in [0.2, 0.25) is 0 Å². The molecule has 2 aromatic rings. The van der Waals surface area contributed by atoms with E-state index in [9.17, 15) is 13.2 Å². The van der Waals surface area contributed by atoms with Crippen LogP contribution in [-0.4, -0.2) is 4.98 Å². The van der Waals surface area contributed by atoms with Crippen LogP contribution >= 0.6 is 0 Å². The summed E-state index contributed by atoms with van der Waals surface area (Å²) in [5, 5.41) is 0. The molecule has 0 saturated carbocycles. The maximum absolute atomic E-state index is 12.6. The highest BCUT2D eigenvalue weighted by molar-refractivity contribution is 5.50. The average molecular weight is 268 g/mol. The molecule has 0 fully saturated rings. The number of benzene rings is 1. The van der Waals surface area contributed by atoms with E-state index in [0.717, 1.165) is 11.6 Å². The number of aromatic nitrogens is 1. The molecule has 1 heterocycles. The van der Waals surface area contributed by atoms with E-state index in [1.807, 2.05) is 13.0 Å². The molecule has 0 amide bonds. The van der Waals surface area contributed by atoms with Gasteiger partial charge in [0.05, 0.1) is 5.56 Å². The van der Waals surface area contributed by atoms with Gasteiger partial charge < -0.3 is 10.5 Å². The van der Waals surface area contributed by atoms with Crippen molar-refractivity contribution in [2.45, 2.75) is 13.1 Å². The molecule has 19 heavy (non-hydrogen) atoms. The molecule has 0 aliphatic heterocycles. The van der Waals surface area contributed by atoms with E-state index in [0.29, 0.717) is 11.9 Å². The first kappa shape index (κ1) is 13.2. The summed E-state index contributed by atoms with van der Waals surface area (Å²) >= 11 is 0. The number of hydrogen-bond donors (Lipinski definition) is 1. The summed E-state index contributed by atoms with van der Waals surface area (Å²) in [5.41, 5.74) is 5.54. The fourth-order valence-electron chi connectivity index (χ4n) is 1.50. The molecule has 3 nitrogen and oxygen atoms in total. The molecule has 6 heteroatoms. The van der Waals surface area contributed by atoms with E-state index in [1.165, 1.54) is 0 Å². The molecule has 0 aliphatic rings. The van der Waals surface area contributed by atoms with Crippen molar-refractivity contribution in [2.75, 3.05) is 5.73 Å². The van der Waals surface area contributed by atoms with Gasteiger partial charge in [0.25, 0.3) is 0 Å². The number of pyridine rings is 1. The van der Waals surface area contributed by atoms with Gasteiger partial charge in [0.15, 0.2) is 11.6 Å². The zero-order valence-corrected chi connectivity index (χ0v) is 10.0. The zero-order valence-electron chi connectivity index (χ0n) is 10.0. The number of nitrogen functional groups attached to an aromatic ring is 1. The molecule has 0 spiro atoms. The fourth-order valence-corrected chi connectivity index (χ4v) is 1.50. The number of aryl methyl sites for hydroxylation is 1. The van der Waals surface area contributed by atoms with Crippen LogP contribution in [0.15, 0.2) is 36.5 Å². The van der Waals surface area contributed by atoms with Crippen LogP contribution in [0.3, 0.4) is 0 Å². The van der Waals surface area contributed by atoms with E-state index in [4.69, 9.17) is 10.5 Å². The molecule has 2 N–H and O–H groups in total. The summed E-state index contributed by atoms with van der Waals surface area (Å²) < 4.78 is 43.0. The molecule has 1 aromatic carbocycles. The smallest absolute Gasteiger partial charge is 0.418 e. The van der Waals surface area contributed by atoms with E-state index < -0.39 is 11.7 Å². The normalized spacial score (nSPS) is 11.4. The number of ether oxygens (including phenoxy) is 1. The summed E-state index contributed by atoms with van der Waals surface area (Å²) in [7, 11) is 0. The molecule has 0 atom stereocenters. The van der Waals surface area contributed by atoms with Crippen LogP contribution in [0.2, 0.25) is 0 Å². The van der Waals surface area contributed by atoms with Crippen molar-refractivity contribution in [3.8, 4) is 11.5 Å². The lowest BCUT2D eigenvalue weighted by Gasteiger charge is -2.11. The number of anilines is 1. The minimum absolute atomic E-state index is 0.0884. The highest BCUT2D eigenvalue weighted by Gasteiger charge is 2.31. The number of alkyl halides is 3. The van der Waals surface area contributed by atoms with Crippen LogP contribution < -0.4 is 10.5 Å². The third kappa shape index (κ3) is 3.15. The summed E-state index contributed by atoms with van der Waals surface area (Å²) in [6.45, 7) is 1.85. The molecular formula is C13H11F3N2O. The minimum Gasteiger partial charge on any atom is -0.453 e. The lowest BCUT2D eigenvalue weighted by Crippen LogP contribution is -2.07. The predicted octanol–water partition coefficient (Wildman–Crippen LogP) is 3.78. The standard InChI is InChI=1S/C13H11F3N2O/c1-8-3-2-4-10(5-8)19-11-6-9(13(14,15)16)7-18-12(11)17/h2-7H,1H3,(H2,17,18). The van der Waals surface area contributed by atoms with Crippen LogP contribution in [0.4, 0.5) is 19.0 Å².